The molecule has 1 aliphatic rings. The summed E-state index contributed by atoms with van der Waals surface area (Å²) in [5.41, 5.74) is 2.24. The van der Waals surface area contributed by atoms with Crippen LogP contribution in [0.4, 0.5) is 4.39 Å². The molecule has 0 bridgehead atoms. The fraction of sp³-hybridized carbons (Fsp3) is 0.143. The van der Waals surface area contributed by atoms with Crippen LogP contribution < -0.4 is 4.74 Å². The quantitative estimate of drug-likeness (QED) is 0.706. The molecular formula is C14H11FO. The van der Waals surface area contributed by atoms with Crippen LogP contribution in [-0.2, 0) is 6.42 Å². The average Bonchev–Trinajstić information content (AvgIpc) is 2.73. The van der Waals surface area contributed by atoms with E-state index in [1.165, 1.54) is 17.7 Å². The van der Waals surface area contributed by atoms with Crippen LogP contribution >= 0.6 is 0 Å². The van der Waals surface area contributed by atoms with E-state index in [2.05, 4.69) is 6.07 Å². The van der Waals surface area contributed by atoms with Crippen molar-refractivity contribution in [1.82, 2.24) is 0 Å². The molecule has 0 N–H and O–H groups in total. The van der Waals surface area contributed by atoms with E-state index in [9.17, 15) is 4.39 Å². The first-order valence-corrected chi connectivity index (χ1v) is 5.33. The Balaban J connectivity index is 1.88. The third-order valence-electron chi connectivity index (χ3n) is 2.89. The average molecular weight is 214 g/mol. The monoisotopic (exact) mass is 214 g/mol. The van der Waals surface area contributed by atoms with Crippen LogP contribution in [0.3, 0.4) is 0 Å². The first kappa shape index (κ1) is 9.40. The smallest absolute Gasteiger partial charge is 0.128 e. The van der Waals surface area contributed by atoms with E-state index in [1.54, 1.807) is 12.1 Å². The summed E-state index contributed by atoms with van der Waals surface area (Å²) in [4.78, 5) is 0. The van der Waals surface area contributed by atoms with Gasteiger partial charge in [0.1, 0.15) is 17.7 Å². The molecule has 0 aromatic heterocycles. The van der Waals surface area contributed by atoms with Crippen molar-refractivity contribution in [3.05, 3.63) is 65.5 Å². The van der Waals surface area contributed by atoms with Crippen molar-refractivity contribution in [2.75, 3.05) is 0 Å². The number of ether oxygens (including phenoxy) is 1. The van der Waals surface area contributed by atoms with Gasteiger partial charge in [-0.1, -0.05) is 30.3 Å². The van der Waals surface area contributed by atoms with Crippen molar-refractivity contribution in [2.24, 2.45) is 0 Å². The second-order valence-electron chi connectivity index (χ2n) is 3.97. The lowest BCUT2D eigenvalue weighted by molar-refractivity contribution is 0.238. The van der Waals surface area contributed by atoms with Gasteiger partial charge in [-0.05, 0) is 29.3 Å². The fourth-order valence-corrected chi connectivity index (χ4v) is 2.05. The predicted molar refractivity (Wildman–Crippen MR) is 59.9 cm³/mol. The molecule has 1 heterocycles. The summed E-state index contributed by atoms with van der Waals surface area (Å²) in [5.74, 6) is 0.732. The maximum Gasteiger partial charge on any atom is 0.128 e. The number of para-hydroxylation sites is 1. The van der Waals surface area contributed by atoms with Gasteiger partial charge in [-0.25, -0.2) is 4.39 Å². The van der Waals surface area contributed by atoms with Gasteiger partial charge in [-0.15, -0.1) is 0 Å². The van der Waals surface area contributed by atoms with Crippen LogP contribution in [0, 0.1) is 5.82 Å². The Labute approximate surface area is 93.5 Å². The Morgan fingerprint density at radius 3 is 2.50 bits per heavy atom. The molecule has 2 heteroatoms. The number of hydrogen-bond acceptors (Lipinski definition) is 1. The Morgan fingerprint density at radius 1 is 1.00 bits per heavy atom. The molecule has 0 saturated heterocycles. The maximum atomic E-state index is 12.8. The fourth-order valence-electron chi connectivity index (χ4n) is 2.05. The highest BCUT2D eigenvalue weighted by atomic mass is 19.1. The van der Waals surface area contributed by atoms with Gasteiger partial charge in [0.15, 0.2) is 0 Å². The molecule has 0 saturated carbocycles. The first-order chi connectivity index (χ1) is 7.83. The Morgan fingerprint density at radius 2 is 1.75 bits per heavy atom. The van der Waals surface area contributed by atoms with Crippen molar-refractivity contribution in [1.29, 1.82) is 0 Å². The normalized spacial score (nSPS) is 17.9. The van der Waals surface area contributed by atoms with Gasteiger partial charge in [0, 0.05) is 6.42 Å². The predicted octanol–water partition coefficient (Wildman–Crippen LogP) is 3.50. The molecule has 0 aliphatic carbocycles. The minimum atomic E-state index is -0.209. The molecule has 16 heavy (non-hydrogen) atoms. The van der Waals surface area contributed by atoms with Gasteiger partial charge < -0.3 is 4.74 Å². The zero-order valence-electron chi connectivity index (χ0n) is 8.69. The zero-order chi connectivity index (χ0) is 11.0. The van der Waals surface area contributed by atoms with Crippen molar-refractivity contribution >= 4 is 0 Å². The summed E-state index contributed by atoms with van der Waals surface area (Å²) in [7, 11) is 0. The molecule has 0 amide bonds. The summed E-state index contributed by atoms with van der Waals surface area (Å²) >= 11 is 0. The molecule has 0 fully saturated rings. The maximum absolute atomic E-state index is 12.8. The largest absolute Gasteiger partial charge is 0.485 e. The number of rotatable bonds is 1. The molecule has 1 nitrogen and oxygen atoms in total. The van der Waals surface area contributed by atoms with Crippen LogP contribution in [0.2, 0.25) is 0 Å². The van der Waals surface area contributed by atoms with E-state index in [4.69, 9.17) is 4.74 Å². The van der Waals surface area contributed by atoms with Crippen LogP contribution in [-0.4, -0.2) is 0 Å². The van der Waals surface area contributed by atoms with E-state index >= 15 is 0 Å². The van der Waals surface area contributed by atoms with Gasteiger partial charge >= 0.3 is 0 Å². The van der Waals surface area contributed by atoms with Crippen LogP contribution in [0.25, 0.3) is 0 Å². The second kappa shape index (κ2) is 3.63. The van der Waals surface area contributed by atoms with Crippen LogP contribution in [0.1, 0.15) is 17.2 Å². The van der Waals surface area contributed by atoms with Gasteiger partial charge in [-0.2, -0.15) is 0 Å². The summed E-state index contributed by atoms with van der Waals surface area (Å²) in [6.07, 6.45) is 0.889. The number of hydrogen-bond donors (Lipinski definition) is 0. The van der Waals surface area contributed by atoms with Gasteiger partial charge in [0.2, 0.25) is 0 Å². The Kier molecular flexibility index (Phi) is 2.13. The van der Waals surface area contributed by atoms with E-state index in [0.29, 0.717) is 0 Å². The van der Waals surface area contributed by atoms with Crippen molar-refractivity contribution in [2.45, 2.75) is 12.5 Å². The van der Waals surface area contributed by atoms with Gasteiger partial charge in [0.05, 0.1) is 0 Å². The minimum absolute atomic E-state index is 0.0259. The molecule has 2 aromatic rings. The molecule has 0 spiro atoms. The minimum Gasteiger partial charge on any atom is -0.485 e. The molecule has 1 unspecified atom stereocenters. The summed E-state index contributed by atoms with van der Waals surface area (Å²) in [6, 6.07) is 14.5. The number of benzene rings is 2. The topological polar surface area (TPSA) is 9.23 Å². The summed E-state index contributed by atoms with van der Waals surface area (Å²) in [5, 5.41) is 0. The Hall–Kier alpha value is -1.83. The number of halogens is 1. The summed E-state index contributed by atoms with van der Waals surface area (Å²) in [6.45, 7) is 0. The van der Waals surface area contributed by atoms with E-state index in [0.717, 1.165) is 17.7 Å². The SMILES string of the molecule is Fc1ccc(C2Cc3ccccc3O2)cc1. The highest BCUT2D eigenvalue weighted by Gasteiger charge is 2.23. The van der Waals surface area contributed by atoms with Crippen molar-refractivity contribution < 1.29 is 9.13 Å². The molecule has 80 valence electrons. The lowest BCUT2D eigenvalue weighted by Gasteiger charge is -2.10. The standard InChI is InChI=1S/C14H11FO/c15-12-7-5-10(6-8-12)14-9-11-3-1-2-4-13(11)16-14/h1-8,14H,9H2. The van der Waals surface area contributed by atoms with Gasteiger partial charge in [0.25, 0.3) is 0 Å². The van der Waals surface area contributed by atoms with E-state index < -0.39 is 0 Å². The molecule has 2 aromatic carbocycles. The molecule has 0 radical (unpaired) electrons. The van der Waals surface area contributed by atoms with E-state index in [1.807, 2.05) is 18.2 Å². The third-order valence-corrected chi connectivity index (χ3v) is 2.89. The van der Waals surface area contributed by atoms with Crippen LogP contribution in [0.5, 0.6) is 5.75 Å². The molecule has 1 atom stereocenters. The second-order valence-corrected chi connectivity index (χ2v) is 3.97. The van der Waals surface area contributed by atoms with Crippen LogP contribution in [0.15, 0.2) is 48.5 Å². The highest BCUT2D eigenvalue weighted by molar-refractivity contribution is 5.39. The first-order valence-electron chi connectivity index (χ1n) is 5.33. The lowest BCUT2D eigenvalue weighted by atomic mass is 10.0. The lowest BCUT2D eigenvalue weighted by Crippen LogP contribution is -2.02. The van der Waals surface area contributed by atoms with E-state index in [-0.39, 0.29) is 11.9 Å². The van der Waals surface area contributed by atoms with Crippen molar-refractivity contribution in [3.8, 4) is 5.75 Å². The zero-order valence-corrected chi connectivity index (χ0v) is 8.69. The van der Waals surface area contributed by atoms with Gasteiger partial charge in [-0.3, -0.25) is 0 Å². The molecule has 3 rings (SSSR count). The molecule has 1 aliphatic heterocycles. The third kappa shape index (κ3) is 1.56. The summed E-state index contributed by atoms with van der Waals surface area (Å²) < 4.78 is 18.6. The number of fused-ring (bicyclic) bond motifs is 1. The highest BCUT2D eigenvalue weighted by Crippen LogP contribution is 2.36. The molecular weight excluding hydrogens is 203 g/mol. The Bertz CT molecular complexity index is 479. The van der Waals surface area contributed by atoms with Crippen molar-refractivity contribution in [3.63, 3.8) is 0 Å².